The van der Waals surface area contributed by atoms with Crippen LogP contribution >= 0.6 is 11.3 Å². The third-order valence-corrected chi connectivity index (χ3v) is 3.98. The van der Waals surface area contributed by atoms with E-state index in [1.54, 1.807) is 0 Å². The molecule has 0 atom stereocenters. The minimum atomic E-state index is 0.676. The van der Waals surface area contributed by atoms with Gasteiger partial charge in [-0.1, -0.05) is 19.1 Å². The van der Waals surface area contributed by atoms with Gasteiger partial charge in [0.2, 0.25) is 0 Å². The van der Waals surface area contributed by atoms with Crippen LogP contribution in [0, 0.1) is 13.8 Å². The second kappa shape index (κ2) is 5.37. The molecule has 0 aliphatic carbocycles. The maximum Gasteiger partial charge on any atom is 0.123 e. The third-order valence-electron chi connectivity index (χ3n) is 2.78. The SMILES string of the molecule is CCc1ccc(COc2cc(C)ccc2C)s1. The van der Waals surface area contributed by atoms with Crippen molar-refractivity contribution in [2.45, 2.75) is 33.8 Å². The highest BCUT2D eigenvalue weighted by molar-refractivity contribution is 7.11. The largest absolute Gasteiger partial charge is 0.488 e. The molecule has 0 N–H and O–H groups in total. The van der Waals surface area contributed by atoms with Crippen LogP contribution in [0.3, 0.4) is 0 Å². The fraction of sp³-hybridized carbons (Fsp3) is 0.333. The Morgan fingerprint density at radius 2 is 1.82 bits per heavy atom. The molecule has 0 radical (unpaired) electrons. The number of hydrogen-bond donors (Lipinski definition) is 0. The molecular formula is C15H18OS. The molecule has 1 aromatic carbocycles. The monoisotopic (exact) mass is 246 g/mol. The van der Waals surface area contributed by atoms with E-state index in [0.29, 0.717) is 6.61 Å². The summed E-state index contributed by atoms with van der Waals surface area (Å²) in [5.74, 6) is 0.997. The zero-order chi connectivity index (χ0) is 12.3. The molecule has 0 spiro atoms. The molecule has 1 aromatic heterocycles. The molecule has 2 rings (SSSR count). The molecule has 0 saturated heterocycles. The predicted molar refractivity (Wildman–Crippen MR) is 73.9 cm³/mol. The zero-order valence-electron chi connectivity index (χ0n) is 10.6. The van der Waals surface area contributed by atoms with Crippen LogP contribution in [0.1, 0.15) is 27.8 Å². The predicted octanol–water partition coefficient (Wildman–Crippen LogP) is 4.51. The number of aryl methyl sites for hydroxylation is 3. The van der Waals surface area contributed by atoms with Crippen molar-refractivity contribution in [3.63, 3.8) is 0 Å². The summed E-state index contributed by atoms with van der Waals surface area (Å²) in [4.78, 5) is 2.72. The molecule has 0 aliphatic rings. The van der Waals surface area contributed by atoms with Crippen LogP contribution in [0.5, 0.6) is 5.75 Å². The van der Waals surface area contributed by atoms with Crippen molar-refractivity contribution in [2.24, 2.45) is 0 Å². The molecular weight excluding hydrogens is 228 g/mol. The molecule has 0 aliphatic heterocycles. The molecule has 2 heteroatoms. The first-order chi connectivity index (χ1) is 8.19. The van der Waals surface area contributed by atoms with Crippen LogP contribution in [-0.4, -0.2) is 0 Å². The van der Waals surface area contributed by atoms with E-state index in [1.165, 1.54) is 20.9 Å². The van der Waals surface area contributed by atoms with Gasteiger partial charge in [0, 0.05) is 9.75 Å². The number of benzene rings is 1. The summed E-state index contributed by atoms with van der Waals surface area (Å²) < 4.78 is 5.87. The van der Waals surface area contributed by atoms with Gasteiger partial charge in [-0.2, -0.15) is 0 Å². The van der Waals surface area contributed by atoms with Crippen LogP contribution < -0.4 is 4.74 Å². The Hall–Kier alpha value is -1.28. The van der Waals surface area contributed by atoms with Crippen LogP contribution in [0.25, 0.3) is 0 Å². The quantitative estimate of drug-likeness (QED) is 0.771. The maximum absolute atomic E-state index is 5.87. The van der Waals surface area contributed by atoms with Crippen LogP contribution in [0.4, 0.5) is 0 Å². The highest BCUT2D eigenvalue weighted by atomic mass is 32.1. The normalized spacial score (nSPS) is 10.5. The summed E-state index contributed by atoms with van der Waals surface area (Å²) in [5.41, 5.74) is 2.44. The summed E-state index contributed by atoms with van der Waals surface area (Å²) in [6, 6.07) is 10.7. The van der Waals surface area contributed by atoms with Gasteiger partial charge in [0.15, 0.2) is 0 Å². The second-order valence-corrected chi connectivity index (χ2v) is 5.53. The number of ether oxygens (including phenoxy) is 1. The van der Waals surface area contributed by atoms with Gasteiger partial charge >= 0.3 is 0 Å². The summed E-state index contributed by atoms with van der Waals surface area (Å²) >= 11 is 1.84. The Morgan fingerprint density at radius 1 is 1.06 bits per heavy atom. The van der Waals surface area contributed by atoms with E-state index in [4.69, 9.17) is 4.74 Å². The average Bonchev–Trinajstić information content (AvgIpc) is 2.78. The van der Waals surface area contributed by atoms with Gasteiger partial charge in [0.1, 0.15) is 12.4 Å². The molecule has 1 heterocycles. The van der Waals surface area contributed by atoms with Gasteiger partial charge in [0.25, 0.3) is 0 Å². The van der Waals surface area contributed by atoms with Crippen molar-refractivity contribution in [1.29, 1.82) is 0 Å². The van der Waals surface area contributed by atoms with Gasteiger partial charge in [-0.05, 0) is 49.6 Å². The molecule has 0 saturated carbocycles. The Kier molecular flexibility index (Phi) is 3.85. The lowest BCUT2D eigenvalue weighted by molar-refractivity contribution is 0.307. The molecule has 17 heavy (non-hydrogen) atoms. The van der Waals surface area contributed by atoms with Crippen molar-refractivity contribution in [1.82, 2.24) is 0 Å². The minimum absolute atomic E-state index is 0.676. The van der Waals surface area contributed by atoms with Crippen LogP contribution in [0.2, 0.25) is 0 Å². The fourth-order valence-corrected chi connectivity index (χ4v) is 2.57. The van der Waals surface area contributed by atoms with Gasteiger partial charge in [-0.3, -0.25) is 0 Å². The summed E-state index contributed by atoms with van der Waals surface area (Å²) in [6.45, 7) is 7.03. The zero-order valence-corrected chi connectivity index (χ0v) is 11.4. The Bertz CT molecular complexity index is 499. The molecule has 2 aromatic rings. The number of rotatable bonds is 4. The van der Waals surface area contributed by atoms with E-state index >= 15 is 0 Å². The smallest absolute Gasteiger partial charge is 0.123 e. The number of thiophene rings is 1. The van der Waals surface area contributed by atoms with Crippen molar-refractivity contribution in [2.75, 3.05) is 0 Å². The second-order valence-electron chi connectivity index (χ2n) is 4.28. The summed E-state index contributed by atoms with van der Waals surface area (Å²) in [6.07, 6.45) is 1.11. The average molecular weight is 246 g/mol. The van der Waals surface area contributed by atoms with E-state index in [0.717, 1.165) is 12.2 Å². The van der Waals surface area contributed by atoms with Gasteiger partial charge < -0.3 is 4.74 Å². The fourth-order valence-electron chi connectivity index (χ4n) is 1.70. The third kappa shape index (κ3) is 3.10. The van der Waals surface area contributed by atoms with E-state index in [-0.39, 0.29) is 0 Å². The van der Waals surface area contributed by atoms with E-state index in [2.05, 4.69) is 51.1 Å². The van der Waals surface area contributed by atoms with E-state index in [9.17, 15) is 0 Å². The van der Waals surface area contributed by atoms with Gasteiger partial charge in [0.05, 0.1) is 0 Å². The lowest BCUT2D eigenvalue weighted by Gasteiger charge is -2.08. The molecule has 90 valence electrons. The standard InChI is InChI=1S/C15H18OS/c1-4-13-7-8-14(17-13)10-16-15-9-11(2)5-6-12(15)3/h5-9H,4,10H2,1-3H3. The number of hydrogen-bond acceptors (Lipinski definition) is 2. The van der Waals surface area contributed by atoms with Gasteiger partial charge in [-0.15, -0.1) is 11.3 Å². The molecule has 0 fully saturated rings. The molecule has 0 bridgehead atoms. The highest BCUT2D eigenvalue weighted by Crippen LogP contribution is 2.23. The highest BCUT2D eigenvalue weighted by Gasteiger charge is 2.02. The van der Waals surface area contributed by atoms with E-state index in [1.807, 2.05) is 11.3 Å². The lowest BCUT2D eigenvalue weighted by Crippen LogP contribution is -1.95. The van der Waals surface area contributed by atoms with Gasteiger partial charge in [-0.25, -0.2) is 0 Å². The Labute approximate surface area is 107 Å². The maximum atomic E-state index is 5.87. The lowest BCUT2D eigenvalue weighted by atomic mass is 10.1. The van der Waals surface area contributed by atoms with Crippen molar-refractivity contribution in [3.05, 3.63) is 51.2 Å². The van der Waals surface area contributed by atoms with Crippen molar-refractivity contribution >= 4 is 11.3 Å². The van der Waals surface area contributed by atoms with Crippen molar-refractivity contribution < 1.29 is 4.74 Å². The molecule has 1 nitrogen and oxygen atoms in total. The topological polar surface area (TPSA) is 9.23 Å². The Morgan fingerprint density at radius 3 is 2.53 bits per heavy atom. The minimum Gasteiger partial charge on any atom is -0.488 e. The Balaban J connectivity index is 2.04. The first-order valence-corrected chi connectivity index (χ1v) is 6.78. The summed E-state index contributed by atoms with van der Waals surface area (Å²) in [7, 11) is 0. The first kappa shape index (κ1) is 12.2. The molecule has 0 amide bonds. The van der Waals surface area contributed by atoms with Crippen LogP contribution in [-0.2, 0) is 13.0 Å². The van der Waals surface area contributed by atoms with E-state index < -0.39 is 0 Å². The summed E-state index contributed by atoms with van der Waals surface area (Å²) in [5, 5.41) is 0. The van der Waals surface area contributed by atoms with Crippen LogP contribution in [0.15, 0.2) is 30.3 Å². The van der Waals surface area contributed by atoms with Crippen molar-refractivity contribution in [3.8, 4) is 5.75 Å². The first-order valence-electron chi connectivity index (χ1n) is 5.96. The molecule has 0 unspecified atom stereocenters.